The maximum Gasteiger partial charge on any atom is 0.331 e. The van der Waals surface area contributed by atoms with E-state index in [2.05, 4.69) is 5.32 Å². The first-order valence-electron chi connectivity index (χ1n) is 6.82. The lowest BCUT2D eigenvalue weighted by Crippen LogP contribution is -2.49. The molecule has 1 rings (SSSR count). The van der Waals surface area contributed by atoms with Gasteiger partial charge in [0.25, 0.3) is 0 Å². The second kappa shape index (κ2) is 6.80. The molecule has 1 atom stereocenters. The summed E-state index contributed by atoms with van der Waals surface area (Å²) in [6.45, 7) is 5.68. The van der Waals surface area contributed by atoms with E-state index in [-0.39, 0.29) is 5.97 Å². The summed E-state index contributed by atoms with van der Waals surface area (Å²) in [6, 6.07) is 7.39. The normalized spacial score (nSPS) is 14.2. The van der Waals surface area contributed by atoms with Crippen molar-refractivity contribution in [2.75, 3.05) is 26.6 Å². The van der Waals surface area contributed by atoms with Crippen molar-refractivity contribution < 1.29 is 19.0 Å². The molecule has 1 unspecified atom stereocenters. The highest BCUT2D eigenvalue weighted by molar-refractivity contribution is 5.84. The molecule has 0 amide bonds. The summed E-state index contributed by atoms with van der Waals surface area (Å²) in [5.41, 5.74) is -0.527. The Bertz CT molecular complexity index is 470. The van der Waals surface area contributed by atoms with Crippen LogP contribution in [-0.2, 0) is 14.3 Å². The molecule has 0 aliphatic rings. The molecular formula is C16H25NO4. The van der Waals surface area contributed by atoms with Gasteiger partial charge in [-0.3, -0.25) is 0 Å². The number of carbonyl (C=O) groups is 1. The summed E-state index contributed by atoms with van der Waals surface area (Å²) in [6.07, 6.45) is 0.467. The van der Waals surface area contributed by atoms with Crippen LogP contribution >= 0.6 is 0 Å². The minimum Gasteiger partial charge on any atom is -0.497 e. The molecule has 5 nitrogen and oxygen atoms in total. The van der Waals surface area contributed by atoms with E-state index in [4.69, 9.17) is 14.2 Å². The average Bonchev–Trinajstić information content (AvgIpc) is 2.46. The third-order valence-electron chi connectivity index (χ3n) is 3.48. The molecule has 0 bridgehead atoms. The van der Waals surface area contributed by atoms with Gasteiger partial charge in [0.1, 0.15) is 11.3 Å². The lowest BCUT2D eigenvalue weighted by Gasteiger charge is -2.36. The fourth-order valence-electron chi connectivity index (χ4n) is 2.31. The Morgan fingerprint density at radius 2 is 1.67 bits per heavy atom. The Morgan fingerprint density at radius 1 is 1.10 bits per heavy atom. The molecule has 1 N–H and O–H groups in total. The number of hydrogen-bond acceptors (Lipinski definition) is 5. The van der Waals surface area contributed by atoms with E-state index in [1.807, 2.05) is 45.0 Å². The van der Waals surface area contributed by atoms with Gasteiger partial charge in [-0.15, -0.1) is 0 Å². The zero-order chi connectivity index (χ0) is 16.1. The van der Waals surface area contributed by atoms with E-state index in [1.165, 1.54) is 7.11 Å². The maximum absolute atomic E-state index is 12.2. The Labute approximate surface area is 126 Å². The van der Waals surface area contributed by atoms with Gasteiger partial charge in [0, 0.05) is 19.2 Å². The Kier molecular flexibility index (Phi) is 5.61. The first kappa shape index (κ1) is 17.3. The highest BCUT2D eigenvalue weighted by Gasteiger charge is 2.40. The molecule has 5 heteroatoms. The number of ether oxygens (including phenoxy) is 3. The zero-order valence-electron chi connectivity index (χ0n) is 13.6. The Hall–Kier alpha value is -1.75. The third-order valence-corrected chi connectivity index (χ3v) is 3.48. The van der Waals surface area contributed by atoms with Crippen LogP contribution in [0.1, 0.15) is 27.2 Å². The lowest BCUT2D eigenvalue weighted by atomic mass is 9.87. The van der Waals surface area contributed by atoms with Crippen molar-refractivity contribution in [3.05, 3.63) is 24.3 Å². The topological polar surface area (TPSA) is 56.8 Å². The minimum atomic E-state index is -0.886. The second-order valence-electron chi connectivity index (χ2n) is 5.82. The van der Waals surface area contributed by atoms with E-state index in [0.717, 1.165) is 11.4 Å². The van der Waals surface area contributed by atoms with E-state index >= 15 is 0 Å². The van der Waals surface area contributed by atoms with Crippen molar-refractivity contribution in [3.8, 4) is 5.75 Å². The summed E-state index contributed by atoms with van der Waals surface area (Å²) in [4.78, 5) is 12.2. The van der Waals surface area contributed by atoms with Gasteiger partial charge in [-0.25, -0.2) is 4.79 Å². The van der Waals surface area contributed by atoms with Gasteiger partial charge >= 0.3 is 5.97 Å². The molecule has 0 aliphatic heterocycles. The van der Waals surface area contributed by atoms with Crippen LogP contribution < -0.4 is 10.1 Å². The third kappa shape index (κ3) is 4.63. The van der Waals surface area contributed by atoms with Gasteiger partial charge < -0.3 is 19.5 Å². The second-order valence-corrected chi connectivity index (χ2v) is 5.82. The fourth-order valence-corrected chi connectivity index (χ4v) is 2.31. The molecule has 0 fully saturated rings. The molecular weight excluding hydrogens is 270 g/mol. The van der Waals surface area contributed by atoms with Crippen LogP contribution in [0.2, 0.25) is 0 Å². The average molecular weight is 295 g/mol. The van der Waals surface area contributed by atoms with Gasteiger partial charge in [0.15, 0.2) is 0 Å². The van der Waals surface area contributed by atoms with Gasteiger partial charge in [0.2, 0.25) is 0 Å². The van der Waals surface area contributed by atoms with Crippen molar-refractivity contribution in [1.29, 1.82) is 0 Å². The molecule has 0 saturated carbocycles. The largest absolute Gasteiger partial charge is 0.497 e. The van der Waals surface area contributed by atoms with Gasteiger partial charge in [-0.1, -0.05) is 0 Å². The smallest absolute Gasteiger partial charge is 0.331 e. The Balaban J connectivity index is 2.99. The van der Waals surface area contributed by atoms with E-state index in [0.29, 0.717) is 6.42 Å². The first-order chi connectivity index (χ1) is 9.76. The number of esters is 1. The number of hydrogen-bond donors (Lipinski definition) is 1. The molecule has 0 spiro atoms. The van der Waals surface area contributed by atoms with Crippen LogP contribution in [0, 0.1) is 0 Å². The van der Waals surface area contributed by atoms with Crippen molar-refractivity contribution in [3.63, 3.8) is 0 Å². The minimum absolute atomic E-state index is 0.330. The quantitative estimate of drug-likeness (QED) is 0.784. The number of nitrogens with one attached hydrogen (secondary N) is 1. The number of anilines is 1. The SMILES string of the molecule is COC(=O)C(C)(CC(C)(C)OC)Nc1ccc(OC)cc1. The number of rotatable bonds is 7. The zero-order valence-corrected chi connectivity index (χ0v) is 13.6. The summed E-state index contributed by atoms with van der Waals surface area (Å²) in [7, 11) is 4.63. The molecule has 0 radical (unpaired) electrons. The number of benzene rings is 1. The maximum atomic E-state index is 12.2. The van der Waals surface area contributed by atoms with Gasteiger partial charge in [-0.05, 0) is 45.0 Å². The van der Waals surface area contributed by atoms with Crippen LogP contribution in [0.5, 0.6) is 5.75 Å². The first-order valence-corrected chi connectivity index (χ1v) is 6.82. The van der Waals surface area contributed by atoms with Crippen molar-refractivity contribution in [2.45, 2.75) is 38.3 Å². The summed E-state index contributed by atoms with van der Waals surface area (Å²) in [5.74, 6) is 0.431. The van der Waals surface area contributed by atoms with Crippen molar-refractivity contribution >= 4 is 11.7 Å². The molecule has 118 valence electrons. The van der Waals surface area contributed by atoms with Crippen LogP contribution in [0.3, 0.4) is 0 Å². The van der Waals surface area contributed by atoms with E-state index in [9.17, 15) is 4.79 Å². The fraction of sp³-hybridized carbons (Fsp3) is 0.562. The lowest BCUT2D eigenvalue weighted by molar-refractivity contribution is -0.148. The molecule has 1 aromatic carbocycles. The number of methoxy groups -OCH3 is 3. The summed E-state index contributed by atoms with van der Waals surface area (Å²) < 4.78 is 15.5. The predicted molar refractivity (Wildman–Crippen MR) is 82.7 cm³/mol. The number of carbonyl (C=O) groups excluding carboxylic acids is 1. The molecule has 0 saturated heterocycles. The Morgan fingerprint density at radius 3 is 2.10 bits per heavy atom. The van der Waals surface area contributed by atoms with Gasteiger partial charge in [-0.2, -0.15) is 0 Å². The molecule has 0 aromatic heterocycles. The van der Waals surface area contributed by atoms with E-state index < -0.39 is 11.1 Å². The molecule has 0 aliphatic carbocycles. The molecule has 1 aromatic rings. The highest BCUT2D eigenvalue weighted by Crippen LogP contribution is 2.28. The van der Waals surface area contributed by atoms with Crippen molar-refractivity contribution in [2.24, 2.45) is 0 Å². The van der Waals surface area contributed by atoms with Crippen LogP contribution in [0.4, 0.5) is 5.69 Å². The highest BCUT2D eigenvalue weighted by atomic mass is 16.5. The molecule has 21 heavy (non-hydrogen) atoms. The van der Waals surface area contributed by atoms with Crippen molar-refractivity contribution in [1.82, 2.24) is 0 Å². The predicted octanol–water partition coefficient (Wildman–Crippen LogP) is 2.85. The van der Waals surface area contributed by atoms with Gasteiger partial charge in [0.05, 0.1) is 19.8 Å². The van der Waals surface area contributed by atoms with Crippen LogP contribution in [0.15, 0.2) is 24.3 Å². The summed E-state index contributed by atoms with van der Waals surface area (Å²) >= 11 is 0. The molecule has 0 heterocycles. The van der Waals surface area contributed by atoms with Crippen LogP contribution in [-0.4, -0.2) is 38.4 Å². The standard InChI is InChI=1S/C16H25NO4/c1-15(2,21-6)11-16(3,14(18)20-5)17-12-7-9-13(19-4)10-8-12/h7-10,17H,11H2,1-6H3. The summed E-state index contributed by atoms with van der Waals surface area (Å²) in [5, 5.41) is 3.24. The van der Waals surface area contributed by atoms with E-state index in [1.54, 1.807) is 14.2 Å². The monoisotopic (exact) mass is 295 g/mol. The van der Waals surface area contributed by atoms with Crippen LogP contribution in [0.25, 0.3) is 0 Å².